The highest BCUT2D eigenvalue weighted by Gasteiger charge is 2.21. The SMILES string of the molecule is CC(C)c1ccc(-c2c(C#N)c(N)nc(SCCC(=O)Nc3cc(Cl)cc(Cl)c3)c2C#N)cc1. The molecule has 1 heterocycles. The number of carbonyl (C=O) groups is 1. The zero-order chi connectivity index (χ0) is 24.8. The van der Waals surface area contributed by atoms with Gasteiger partial charge >= 0.3 is 0 Å². The number of nitrogens with zero attached hydrogens (tertiary/aromatic N) is 3. The first-order valence-corrected chi connectivity index (χ1v) is 12.1. The van der Waals surface area contributed by atoms with Crippen molar-refractivity contribution in [3.05, 3.63) is 69.2 Å². The molecule has 172 valence electrons. The second-order valence-electron chi connectivity index (χ2n) is 7.73. The number of nitrogens with one attached hydrogen (secondary N) is 1. The summed E-state index contributed by atoms with van der Waals surface area (Å²) in [4.78, 5) is 16.6. The topological polar surface area (TPSA) is 116 Å². The van der Waals surface area contributed by atoms with Gasteiger partial charge in [0.2, 0.25) is 5.91 Å². The Hall–Kier alpha value is -3.23. The standard InChI is InChI=1S/C25H21Cl2N5OS/c1-14(2)15-3-5-16(6-4-15)23-20(12-28)24(30)32-25(21(23)13-29)34-8-7-22(33)31-19-10-17(26)9-18(27)11-19/h3-6,9-11,14H,7-8H2,1-2H3,(H2,30,32)(H,31,33). The molecule has 1 amide bonds. The van der Waals surface area contributed by atoms with Crippen LogP contribution < -0.4 is 11.1 Å². The number of amides is 1. The molecule has 0 unspecified atom stereocenters. The number of nitrogens with two attached hydrogens (primary N) is 1. The Kier molecular flexibility index (Phi) is 8.41. The summed E-state index contributed by atoms with van der Waals surface area (Å²) in [5.41, 5.74) is 9.30. The molecule has 3 rings (SSSR count). The zero-order valence-electron chi connectivity index (χ0n) is 18.5. The predicted octanol–water partition coefficient (Wildman–Crippen LogP) is 6.63. The molecule has 1 aromatic heterocycles. The molecular weight excluding hydrogens is 489 g/mol. The zero-order valence-corrected chi connectivity index (χ0v) is 20.9. The van der Waals surface area contributed by atoms with E-state index in [1.165, 1.54) is 11.8 Å². The minimum absolute atomic E-state index is 0.0463. The fraction of sp³-hybridized carbons (Fsp3) is 0.200. The van der Waals surface area contributed by atoms with Gasteiger partial charge in [0.05, 0.1) is 5.56 Å². The highest BCUT2D eigenvalue weighted by atomic mass is 35.5. The molecule has 0 spiro atoms. The molecule has 0 aliphatic rings. The van der Waals surface area contributed by atoms with Gasteiger partial charge < -0.3 is 11.1 Å². The fourth-order valence-electron chi connectivity index (χ4n) is 3.32. The van der Waals surface area contributed by atoms with Crippen molar-refractivity contribution < 1.29 is 4.79 Å². The number of aromatic nitrogens is 1. The van der Waals surface area contributed by atoms with Crippen LogP contribution >= 0.6 is 35.0 Å². The maximum Gasteiger partial charge on any atom is 0.225 e. The van der Waals surface area contributed by atoms with Crippen molar-refractivity contribution in [2.24, 2.45) is 0 Å². The third-order valence-corrected chi connectivity index (χ3v) is 6.41. The van der Waals surface area contributed by atoms with Gasteiger partial charge in [0.1, 0.15) is 28.5 Å². The van der Waals surface area contributed by atoms with Crippen LogP contribution in [-0.2, 0) is 4.79 Å². The highest BCUT2D eigenvalue weighted by molar-refractivity contribution is 7.99. The molecule has 0 saturated heterocycles. The van der Waals surface area contributed by atoms with E-state index in [1.807, 2.05) is 24.3 Å². The van der Waals surface area contributed by atoms with E-state index in [4.69, 9.17) is 28.9 Å². The van der Waals surface area contributed by atoms with Crippen molar-refractivity contribution in [3.63, 3.8) is 0 Å². The number of benzene rings is 2. The molecule has 2 aromatic carbocycles. The minimum Gasteiger partial charge on any atom is -0.383 e. The number of halogens is 2. The van der Waals surface area contributed by atoms with Gasteiger partial charge in [0.15, 0.2) is 0 Å². The van der Waals surface area contributed by atoms with Gasteiger partial charge in [-0.05, 0) is 35.2 Å². The summed E-state index contributed by atoms with van der Waals surface area (Å²) in [5.74, 6) is 0.502. The van der Waals surface area contributed by atoms with Crippen molar-refractivity contribution in [1.29, 1.82) is 10.5 Å². The molecule has 3 aromatic rings. The Morgan fingerprint density at radius 2 is 1.71 bits per heavy atom. The van der Waals surface area contributed by atoms with E-state index in [0.29, 0.717) is 43.6 Å². The molecule has 0 saturated carbocycles. The molecule has 0 fully saturated rings. The lowest BCUT2D eigenvalue weighted by Gasteiger charge is -2.14. The summed E-state index contributed by atoms with van der Waals surface area (Å²) >= 11 is 13.2. The van der Waals surface area contributed by atoms with E-state index in [-0.39, 0.29) is 29.3 Å². The van der Waals surface area contributed by atoms with Crippen LogP contribution in [0.15, 0.2) is 47.5 Å². The number of hydrogen-bond acceptors (Lipinski definition) is 6. The molecule has 0 atom stereocenters. The van der Waals surface area contributed by atoms with Gasteiger partial charge in [0, 0.05) is 33.5 Å². The molecule has 0 radical (unpaired) electrons. The third kappa shape index (κ3) is 6.01. The van der Waals surface area contributed by atoms with Crippen LogP contribution in [0.2, 0.25) is 10.0 Å². The lowest BCUT2D eigenvalue weighted by atomic mass is 9.94. The Balaban J connectivity index is 1.83. The maximum absolute atomic E-state index is 12.4. The number of nitriles is 2. The number of nitrogen functional groups attached to an aromatic ring is 1. The molecule has 6 nitrogen and oxygen atoms in total. The number of carbonyl (C=O) groups excluding carboxylic acids is 1. The number of thioether (sulfide) groups is 1. The van der Waals surface area contributed by atoms with Crippen LogP contribution in [0.25, 0.3) is 11.1 Å². The quantitative estimate of drug-likeness (QED) is 0.345. The van der Waals surface area contributed by atoms with Crippen LogP contribution in [0.5, 0.6) is 0 Å². The maximum atomic E-state index is 12.4. The van der Waals surface area contributed by atoms with E-state index >= 15 is 0 Å². The Labute approximate surface area is 212 Å². The first-order chi connectivity index (χ1) is 16.2. The number of hydrogen-bond donors (Lipinski definition) is 2. The summed E-state index contributed by atoms with van der Waals surface area (Å²) in [7, 11) is 0. The van der Waals surface area contributed by atoms with Crippen molar-refractivity contribution in [2.45, 2.75) is 31.2 Å². The number of pyridine rings is 1. The summed E-state index contributed by atoms with van der Waals surface area (Å²) in [6.45, 7) is 4.18. The lowest BCUT2D eigenvalue weighted by molar-refractivity contribution is -0.115. The second kappa shape index (κ2) is 11.3. The van der Waals surface area contributed by atoms with Crippen LogP contribution in [-0.4, -0.2) is 16.6 Å². The van der Waals surface area contributed by atoms with E-state index in [9.17, 15) is 15.3 Å². The van der Waals surface area contributed by atoms with Gasteiger partial charge in [-0.2, -0.15) is 10.5 Å². The van der Waals surface area contributed by atoms with Crippen molar-refractivity contribution in [1.82, 2.24) is 4.98 Å². The monoisotopic (exact) mass is 509 g/mol. The van der Waals surface area contributed by atoms with Gasteiger partial charge in [0.25, 0.3) is 0 Å². The summed E-state index contributed by atoms with van der Waals surface area (Å²) in [5, 5.41) is 23.6. The normalized spacial score (nSPS) is 10.6. The molecule has 0 aliphatic heterocycles. The van der Waals surface area contributed by atoms with Gasteiger partial charge in [-0.15, -0.1) is 11.8 Å². The van der Waals surface area contributed by atoms with Gasteiger partial charge in [-0.3, -0.25) is 4.79 Å². The van der Waals surface area contributed by atoms with Crippen LogP contribution in [0.3, 0.4) is 0 Å². The second-order valence-corrected chi connectivity index (χ2v) is 9.69. The Bertz CT molecular complexity index is 1290. The average Bonchev–Trinajstić information content (AvgIpc) is 2.78. The van der Waals surface area contributed by atoms with Gasteiger partial charge in [-0.1, -0.05) is 61.3 Å². The summed E-state index contributed by atoms with van der Waals surface area (Å²) in [6.07, 6.45) is 0.152. The first kappa shape index (κ1) is 25.4. The molecule has 34 heavy (non-hydrogen) atoms. The third-order valence-electron chi connectivity index (χ3n) is 5.00. The largest absolute Gasteiger partial charge is 0.383 e. The van der Waals surface area contributed by atoms with E-state index in [0.717, 1.165) is 5.56 Å². The molecule has 3 N–H and O–H groups in total. The molecule has 9 heteroatoms. The van der Waals surface area contributed by atoms with Crippen molar-refractivity contribution in [3.8, 4) is 23.3 Å². The predicted molar refractivity (Wildman–Crippen MR) is 138 cm³/mol. The number of anilines is 2. The lowest BCUT2D eigenvalue weighted by Crippen LogP contribution is -2.12. The molecule has 0 bridgehead atoms. The Morgan fingerprint density at radius 3 is 2.26 bits per heavy atom. The van der Waals surface area contributed by atoms with E-state index < -0.39 is 0 Å². The van der Waals surface area contributed by atoms with Crippen molar-refractivity contribution in [2.75, 3.05) is 16.8 Å². The first-order valence-electron chi connectivity index (χ1n) is 10.4. The minimum atomic E-state index is -0.240. The van der Waals surface area contributed by atoms with Crippen LogP contribution in [0, 0.1) is 22.7 Å². The van der Waals surface area contributed by atoms with E-state index in [1.54, 1.807) is 18.2 Å². The van der Waals surface area contributed by atoms with Crippen molar-refractivity contribution >= 4 is 52.4 Å². The van der Waals surface area contributed by atoms with Crippen LogP contribution in [0.4, 0.5) is 11.5 Å². The molecular formula is C25H21Cl2N5OS. The smallest absolute Gasteiger partial charge is 0.225 e. The van der Waals surface area contributed by atoms with Gasteiger partial charge in [-0.25, -0.2) is 4.98 Å². The molecule has 0 aliphatic carbocycles. The van der Waals surface area contributed by atoms with E-state index in [2.05, 4.69) is 36.3 Å². The highest BCUT2D eigenvalue weighted by Crippen LogP contribution is 2.36. The average molecular weight is 510 g/mol. The number of rotatable bonds is 7. The summed E-state index contributed by atoms with van der Waals surface area (Å²) < 4.78 is 0. The Morgan fingerprint density at radius 1 is 1.09 bits per heavy atom. The fourth-order valence-corrected chi connectivity index (χ4v) is 4.78. The van der Waals surface area contributed by atoms with Crippen LogP contribution in [0.1, 0.15) is 42.9 Å². The summed E-state index contributed by atoms with van der Waals surface area (Å²) in [6, 6.07) is 16.7.